The van der Waals surface area contributed by atoms with Crippen molar-refractivity contribution in [1.29, 1.82) is 0 Å². The Morgan fingerprint density at radius 1 is 1.32 bits per heavy atom. The van der Waals surface area contributed by atoms with Crippen molar-refractivity contribution < 1.29 is 4.39 Å². The molecule has 0 spiro atoms. The first-order valence-electron chi connectivity index (χ1n) is 7.24. The van der Waals surface area contributed by atoms with E-state index in [9.17, 15) is 4.39 Å². The molecular formula is C16H24FNS. The monoisotopic (exact) mass is 281 g/mol. The lowest BCUT2D eigenvalue weighted by atomic mass is 10.0. The summed E-state index contributed by atoms with van der Waals surface area (Å²) < 4.78 is 14.2. The summed E-state index contributed by atoms with van der Waals surface area (Å²) in [4.78, 5) is 0. The van der Waals surface area contributed by atoms with Crippen LogP contribution in [-0.2, 0) is 0 Å². The van der Waals surface area contributed by atoms with Gasteiger partial charge in [0.15, 0.2) is 0 Å². The zero-order valence-electron chi connectivity index (χ0n) is 11.9. The van der Waals surface area contributed by atoms with E-state index in [-0.39, 0.29) is 11.9 Å². The van der Waals surface area contributed by atoms with Crippen LogP contribution in [0.4, 0.5) is 4.39 Å². The second kappa shape index (κ2) is 6.76. The highest BCUT2D eigenvalue weighted by molar-refractivity contribution is 8.00. The van der Waals surface area contributed by atoms with Crippen molar-refractivity contribution >= 4 is 11.8 Å². The van der Waals surface area contributed by atoms with E-state index in [0.717, 1.165) is 18.5 Å². The summed E-state index contributed by atoms with van der Waals surface area (Å²) in [6, 6.07) is 7.26. The van der Waals surface area contributed by atoms with E-state index in [2.05, 4.69) is 18.5 Å². The second-order valence-corrected chi connectivity index (χ2v) is 6.73. The van der Waals surface area contributed by atoms with Crippen molar-refractivity contribution in [3.63, 3.8) is 0 Å². The van der Waals surface area contributed by atoms with Gasteiger partial charge in [-0.25, -0.2) is 4.39 Å². The summed E-state index contributed by atoms with van der Waals surface area (Å²) in [5, 5.41) is 3.60. The number of rotatable bonds is 6. The van der Waals surface area contributed by atoms with Gasteiger partial charge in [-0.1, -0.05) is 38.0 Å². The van der Waals surface area contributed by atoms with Gasteiger partial charge in [0, 0.05) is 22.9 Å². The van der Waals surface area contributed by atoms with Gasteiger partial charge in [0.1, 0.15) is 5.82 Å². The van der Waals surface area contributed by atoms with Crippen LogP contribution in [0.15, 0.2) is 24.3 Å². The predicted molar refractivity (Wildman–Crippen MR) is 82.1 cm³/mol. The lowest BCUT2D eigenvalue weighted by molar-refractivity contribution is 0.444. The third-order valence-corrected chi connectivity index (χ3v) is 5.73. The zero-order valence-corrected chi connectivity index (χ0v) is 12.7. The van der Waals surface area contributed by atoms with Crippen molar-refractivity contribution in [3.05, 3.63) is 35.6 Å². The summed E-state index contributed by atoms with van der Waals surface area (Å²) >= 11 is 1.98. The molecule has 1 aromatic rings. The SMILES string of the molecule is CCC(NCC1(SC)CCCC1)c1ccccc1F. The minimum atomic E-state index is -0.0912. The van der Waals surface area contributed by atoms with Crippen LogP contribution in [0.5, 0.6) is 0 Å². The Morgan fingerprint density at radius 3 is 2.58 bits per heavy atom. The number of thioether (sulfide) groups is 1. The van der Waals surface area contributed by atoms with Gasteiger partial charge in [-0.05, 0) is 31.6 Å². The molecule has 0 amide bonds. The van der Waals surface area contributed by atoms with Crippen LogP contribution in [0.1, 0.15) is 50.6 Å². The molecule has 106 valence electrons. The van der Waals surface area contributed by atoms with Crippen LogP contribution in [0.25, 0.3) is 0 Å². The molecule has 0 bridgehead atoms. The molecule has 2 rings (SSSR count). The number of hydrogen-bond acceptors (Lipinski definition) is 2. The molecule has 1 aromatic carbocycles. The molecule has 1 aliphatic carbocycles. The van der Waals surface area contributed by atoms with E-state index in [1.165, 1.54) is 25.7 Å². The molecule has 1 saturated carbocycles. The Balaban J connectivity index is 2.02. The molecule has 0 aliphatic heterocycles. The van der Waals surface area contributed by atoms with E-state index in [0.29, 0.717) is 4.75 Å². The number of hydrogen-bond donors (Lipinski definition) is 1. The molecule has 1 unspecified atom stereocenters. The third kappa shape index (κ3) is 3.51. The molecule has 0 aromatic heterocycles. The van der Waals surface area contributed by atoms with Gasteiger partial charge < -0.3 is 5.32 Å². The fourth-order valence-electron chi connectivity index (χ4n) is 3.01. The Morgan fingerprint density at radius 2 is 2.00 bits per heavy atom. The maximum Gasteiger partial charge on any atom is 0.127 e. The van der Waals surface area contributed by atoms with Crippen molar-refractivity contribution in [2.75, 3.05) is 12.8 Å². The molecule has 1 aliphatic rings. The van der Waals surface area contributed by atoms with Crippen LogP contribution < -0.4 is 5.32 Å². The first kappa shape index (κ1) is 14.9. The molecule has 0 heterocycles. The minimum Gasteiger partial charge on any atom is -0.308 e. The quantitative estimate of drug-likeness (QED) is 0.821. The van der Waals surface area contributed by atoms with E-state index >= 15 is 0 Å². The lowest BCUT2D eigenvalue weighted by Crippen LogP contribution is -2.37. The van der Waals surface area contributed by atoms with Crippen molar-refractivity contribution in [2.45, 2.75) is 49.8 Å². The largest absolute Gasteiger partial charge is 0.308 e. The summed E-state index contributed by atoms with van der Waals surface area (Å²) in [5.41, 5.74) is 0.805. The standard InChI is InChI=1S/C16H24FNS/c1-3-15(13-8-4-5-9-14(13)17)18-12-16(19-2)10-6-7-11-16/h4-5,8-9,15,18H,3,6-7,10-12H2,1-2H3. The van der Waals surface area contributed by atoms with E-state index in [1.807, 2.05) is 23.9 Å². The number of halogens is 1. The Labute approximate surface area is 120 Å². The highest BCUT2D eigenvalue weighted by atomic mass is 32.2. The lowest BCUT2D eigenvalue weighted by Gasteiger charge is -2.30. The average Bonchev–Trinajstić information content (AvgIpc) is 2.91. The van der Waals surface area contributed by atoms with Gasteiger partial charge in [-0.3, -0.25) is 0 Å². The molecule has 1 N–H and O–H groups in total. The van der Waals surface area contributed by atoms with Gasteiger partial charge in [-0.15, -0.1) is 0 Å². The molecule has 1 atom stereocenters. The summed E-state index contributed by atoms with van der Waals surface area (Å²) in [5.74, 6) is -0.0912. The first-order valence-corrected chi connectivity index (χ1v) is 8.46. The summed E-state index contributed by atoms with van der Waals surface area (Å²) in [7, 11) is 0. The van der Waals surface area contributed by atoms with Gasteiger partial charge in [-0.2, -0.15) is 11.8 Å². The molecule has 0 saturated heterocycles. The molecule has 1 nitrogen and oxygen atoms in total. The fraction of sp³-hybridized carbons (Fsp3) is 0.625. The van der Waals surface area contributed by atoms with E-state index in [1.54, 1.807) is 12.1 Å². The Hall–Kier alpha value is -0.540. The smallest absolute Gasteiger partial charge is 0.127 e. The highest BCUT2D eigenvalue weighted by Crippen LogP contribution is 2.40. The van der Waals surface area contributed by atoms with Crippen LogP contribution in [0, 0.1) is 5.82 Å². The topological polar surface area (TPSA) is 12.0 Å². The summed E-state index contributed by atoms with van der Waals surface area (Å²) in [6.45, 7) is 3.10. The summed E-state index contributed by atoms with van der Waals surface area (Å²) in [6.07, 6.45) is 8.37. The zero-order chi connectivity index (χ0) is 13.7. The average molecular weight is 281 g/mol. The highest BCUT2D eigenvalue weighted by Gasteiger charge is 2.33. The predicted octanol–water partition coefficient (Wildman–Crippen LogP) is 4.54. The van der Waals surface area contributed by atoms with E-state index < -0.39 is 0 Å². The normalized spacial score (nSPS) is 19.5. The first-order chi connectivity index (χ1) is 9.21. The van der Waals surface area contributed by atoms with Crippen LogP contribution in [0.3, 0.4) is 0 Å². The molecular weight excluding hydrogens is 257 g/mol. The van der Waals surface area contributed by atoms with Crippen molar-refractivity contribution in [1.82, 2.24) is 5.32 Å². The molecule has 1 fully saturated rings. The van der Waals surface area contributed by atoms with Crippen molar-refractivity contribution in [3.8, 4) is 0 Å². The molecule has 0 radical (unpaired) electrons. The maximum absolute atomic E-state index is 13.9. The van der Waals surface area contributed by atoms with Gasteiger partial charge in [0.25, 0.3) is 0 Å². The maximum atomic E-state index is 13.9. The third-order valence-electron chi connectivity index (χ3n) is 4.31. The second-order valence-electron chi connectivity index (χ2n) is 5.46. The number of benzene rings is 1. The van der Waals surface area contributed by atoms with E-state index in [4.69, 9.17) is 0 Å². The Bertz CT molecular complexity index is 401. The fourth-order valence-corrected chi connectivity index (χ4v) is 3.94. The molecule has 3 heteroatoms. The van der Waals surface area contributed by atoms with Crippen LogP contribution in [-0.4, -0.2) is 17.5 Å². The minimum absolute atomic E-state index is 0.0912. The molecule has 19 heavy (non-hydrogen) atoms. The van der Waals surface area contributed by atoms with Crippen LogP contribution >= 0.6 is 11.8 Å². The van der Waals surface area contributed by atoms with Crippen LogP contribution in [0.2, 0.25) is 0 Å². The van der Waals surface area contributed by atoms with Gasteiger partial charge in [0.05, 0.1) is 0 Å². The van der Waals surface area contributed by atoms with Gasteiger partial charge >= 0.3 is 0 Å². The van der Waals surface area contributed by atoms with Gasteiger partial charge in [0.2, 0.25) is 0 Å². The van der Waals surface area contributed by atoms with Crippen molar-refractivity contribution in [2.24, 2.45) is 0 Å². The number of nitrogens with one attached hydrogen (secondary N) is 1. The Kier molecular flexibility index (Phi) is 5.28.